The van der Waals surface area contributed by atoms with Crippen LogP contribution in [0.1, 0.15) is 46.1 Å². The molecule has 0 aliphatic rings. The topological polar surface area (TPSA) is 46.2 Å². The summed E-state index contributed by atoms with van der Waals surface area (Å²) in [6.45, 7) is 8.87. The molecule has 0 aromatic heterocycles. The van der Waals surface area contributed by atoms with Crippen molar-refractivity contribution in [1.82, 2.24) is 4.72 Å². The van der Waals surface area contributed by atoms with Gasteiger partial charge in [0.1, 0.15) is 0 Å². The largest absolute Gasteiger partial charge is 0.240 e. The molecule has 0 unspecified atom stereocenters. The highest BCUT2D eigenvalue weighted by atomic mass is 32.2. The molecule has 1 N–H and O–H groups in total. The number of hydrogen-bond acceptors (Lipinski definition) is 2. The summed E-state index contributed by atoms with van der Waals surface area (Å²) < 4.78 is 26.4. The fourth-order valence-corrected chi connectivity index (χ4v) is 2.74. The molecule has 1 aromatic carbocycles. The van der Waals surface area contributed by atoms with E-state index in [2.05, 4.69) is 25.5 Å². The Balaban J connectivity index is 2.96. The van der Waals surface area contributed by atoms with Gasteiger partial charge >= 0.3 is 0 Å². The van der Waals surface area contributed by atoms with E-state index in [4.69, 9.17) is 0 Å². The molecule has 0 atom stereocenters. The molecule has 0 aliphatic heterocycles. The molecular formula is C14H23NO2S. The molecule has 1 rings (SSSR count). The number of rotatable bonds is 6. The highest BCUT2D eigenvalue weighted by molar-refractivity contribution is 7.89. The highest BCUT2D eigenvalue weighted by Crippen LogP contribution is 2.27. The summed E-state index contributed by atoms with van der Waals surface area (Å²) in [7, 11) is -3.34. The zero-order valence-electron chi connectivity index (χ0n) is 11.7. The fraction of sp³-hybridized carbons (Fsp3) is 0.571. The molecule has 0 amide bonds. The number of hydrogen-bond donors (Lipinski definition) is 1. The lowest BCUT2D eigenvalue weighted by molar-refractivity contribution is 0.505. The van der Waals surface area contributed by atoms with E-state index in [1.807, 2.05) is 19.1 Å². The van der Waals surface area contributed by atoms with Gasteiger partial charge in [-0.1, -0.05) is 39.8 Å². The van der Waals surface area contributed by atoms with Crippen LogP contribution in [0.15, 0.2) is 29.2 Å². The molecule has 0 bridgehead atoms. The Kier molecular flexibility index (Phi) is 4.93. The molecule has 0 radical (unpaired) electrons. The Labute approximate surface area is 111 Å². The SMILES string of the molecule is CCCNS(=O)(=O)c1ccc(C(C)(C)CC)cc1. The van der Waals surface area contributed by atoms with Gasteiger partial charge in [-0.3, -0.25) is 0 Å². The standard InChI is InChI=1S/C14H23NO2S/c1-5-11-15-18(16,17)13-9-7-12(8-10-13)14(3,4)6-2/h7-10,15H,5-6,11H2,1-4H3. The molecule has 18 heavy (non-hydrogen) atoms. The normalized spacial score (nSPS) is 12.7. The molecule has 3 nitrogen and oxygen atoms in total. The van der Waals surface area contributed by atoms with Crippen molar-refractivity contribution < 1.29 is 8.42 Å². The minimum absolute atomic E-state index is 0.0825. The van der Waals surface area contributed by atoms with Crippen molar-refractivity contribution in [3.63, 3.8) is 0 Å². The predicted molar refractivity (Wildman–Crippen MR) is 75.2 cm³/mol. The molecule has 0 fully saturated rings. The van der Waals surface area contributed by atoms with Gasteiger partial charge in [0.15, 0.2) is 0 Å². The predicted octanol–water partition coefficient (Wildman–Crippen LogP) is 3.06. The Bertz CT molecular complexity index is 475. The van der Waals surface area contributed by atoms with Crippen LogP contribution in [0.4, 0.5) is 0 Å². The molecule has 4 heteroatoms. The summed E-state index contributed by atoms with van der Waals surface area (Å²) >= 11 is 0. The van der Waals surface area contributed by atoms with Crippen LogP contribution in [0.5, 0.6) is 0 Å². The van der Waals surface area contributed by atoms with Crippen LogP contribution in [0.2, 0.25) is 0 Å². The first-order valence-corrected chi connectivity index (χ1v) is 7.92. The number of benzene rings is 1. The van der Waals surface area contributed by atoms with E-state index < -0.39 is 10.0 Å². The van der Waals surface area contributed by atoms with E-state index in [0.717, 1.165) is 12.8 Å². The van der Waals surface area contributed by atoms with Crippen molar-refractivity contribution in [3.8, 4) is 0 Å². The Morgan fingerprint density at radius 3 is 2.11 bits per heavy atom. The lowest BCUT2D eigenvalue weighted by atomic mass is 9.82. The van der Waals surface area contributed by atoms with Crippen molar-refractivity contribution >= 4 is 10.0 Å². The van der Waals surface area contributed by atoms with Gasteiger partial charge < -0.3 is 0 Å². The second kappa shape index (κ2) is 5.85. The third kappa shape index (κ3) is 3.56. The monoisotopic (exact) mass is 269 g/mol. The van der Waals surface area contributed by atoms with Crippen molar-refractivity contribution in [1.29, 1.82) is 0 Å². The zero-order valence-corrected chi connectivity index (χ0v) is 12.5. The van der Waals surface area contributed by atoms with Crippen LogP contribution in [-0.4, -0.2) is 15.0 Å². The second-order valence-electron chi connectivity index (χ2n) is 5.16. The third-order valence-electron chi connectivity index (χ3n) is 3.37. The van der Waals surface area contributed by atoms with Crippen molar-refractivity contribution in [2.24, 2.45) is 0 Å². The van der Waals surface area contributed by atoms with Crippen molar-refractivity contribution in [2.45, 2.75) is 50.8 Å². The average Bonchev–Trinajstić information content (AvgIpc) is 2.36. The first kappa shape index (κ1) is 15.2. The van der Waals surface area contributed by atoms with Gasteiger partial charge in [-0.25, -0.2) is 13.1 Å². The lowest BCUT2D eigenvalue weighted by Gasteiger charge is -2.23. The van der Waals surface area contributed by atoms with Gasteiger partial charge in [0, 0.05) is 6.54 Å². The third-order valence-corrected chi connectivity index (χ3v) is 4.85. The van der Waals surface area contributed by atoms with Crippen LogP contribution in [0, 0.1) is 0 Å². The Morgan fingerprint density at radius 1 is 1.11 bits per heavy atom. The van der Waals surface area contributed by atoms with E-state index >= 15 is 0 Å². The first-order chi connectivity index (χ1) is 8.33. The quantitative estimate of drug-likeness (QED) is 0.862. The van der Waals surface area contributed by atoms with Crippen molar-refractivity contribution in [3.05, 3.63) is 29.8 Å². The van der Waals surface area contributed by atoms with Gasteiger partial charge in [0.2, 0.25) is 10.0 Å². The van der Waals surface area contributed by atoms with Crippen LogP contribution >= 0.6 is 0 Å². The molecule has 0 aliphatic carbocycles. The van der Waals surface area contributed by atoms with Crippen LogP contribution in [0.25, 0.3) is 0 Å². The van der Waals surface area contributed by atoms with Gasteiger partial charge in [-0.15, -0.1) is 0 Å². The number of nitrogens with one attached hydrogen (secondary N) is 1. The van der Waals surface area contributed by atoms with Crippen LogP contribution < -0.4 is 4.72 Å². The molecule has 102 valence electrons. The summed E-state index contributed by atoms with van der Waals surface area (Å²) in [5.41, 5.74) is 1.25. The minimum Gasteiger partial charge on any atom is -0.211 e. The molecule has 0 spiro atoms. The number of sulfonamides is 1. The highest BCUT2D eigenvalue weighted by Gasteiger charge is 2.19. The summed E-state index contributed by atoms with van der Waals surface area (Å²) in [5, 5.41) is 0. The van der Waals surface area contributed by atoms with Gasteiger partial charge in [0.25, 0.3) is 0 Å². The second-order valence-corrected chi connectivity index (χ2v) is 6.93. The minimum atomic E-state index is -3.34. The maximum Gasteiger partial charge on any atom is 0.240 e. The van der Waals surface area contributed by atoms with Gasteiger partial charge in [-0.05, 0) is 36.0 Å². The van der Waals surface area contributed by atoms with E-state index in [1.54, 1.807) is 12.1 Å². The molecule has 1 aromatic rings. The van der Waals surface area contributed by atoms with Gasteiger partial charge in [0.05, 0.1) is 4.90 Å². The maximum atomic E-state index is 11.9. The van der Waals surface area contributed by atoms with E-state index in [-0.39, 0.29) is 5.41 Å². The summed E-state index contributed by atoms with van der Waals surface area (Å²) in [4.78, 5) is 0.339. The van der Waals surface area contributed by atoms with E-state index in [9.17, 15) is 8.42 Å². The average molecular weight is 269 g/mol. The molecule has 0 saturated heterocycles. The summed E-state index contributed by atoms with van der Waals surface area (Å²) in [6.07, 6.45) is 1.81. The molecular weight excluding hydrogens is 246 g/mol. The summed E-state index contributed by atoms with van der Waals surface area (Å²) in [5.74, 6) is 0. The Morgan fingerprint density at radius 2 is 1.67 bits per heavy atom. The molecule has 0 saturated carbocycles. The molecule has 0 heterocycles. The maximum absolute atomic E-state index is 11.9. The van der Waals surface area contributed by atoms with E-state index in [1.165, 1.54) is 5.56 Å². The van der Waals surface area contributed by atoms with Crippen LogP contribution in [-0.2, 0) is 15.4 Å². The van der Waals surface area contributed by atoms with Crippen LogP contribution in [0.3, 0.4) is 0 Å². The Hall–Kier alpha value is -0.870. The van der Waals surface area contributed by atoms with Crippen molar-refractivity contribution in [2.75, 3.05) is 6.54 Å². The lowest BCUT2D eigenvalue weighted by Crippen LogP contribution is -2.24. The first-order valence-electron chi connectivity index (χ1n) is 6.43. The smallest absolute Gasteiger partial charge is 0.211 e. The van der Waals surface area contributed by atoms with E-state index in [0.29, 0.717) is 11.4 Å². The van der Waals surface area contributed by atoms with Gasteiger partial charge in [-0.2, -0.15) is 0 Å². The fourth-order valence-electron chi connectivity index (χ4n) is 1.61. The summed E-state index contributed by atoms with van der Waals surface area (Å²) in [6, 6.07) is 7.18. The zero-order chi connectivity index (χ0) is 13.8.